The number of rotatable bonds is 5. The second kappa shape index (κ2) is 5.90. The summed E-state index contributed by atoms with van der Waals surface area (Å²) in [4.78, 5) is 6.12. The SMILES string of the molecule is CCc1nc2c(s1)C(NCC(C)(O)C(C)C)CCC2. The maximum atomic E-state index is 10.3. The van der Waals surface area contributed by atoms with Crippen LogP contribution in [-0.4, -0.2) is 22.2 Å². The molecule has 4 heteroatoms. The van der Waals surface area contributed by atoms with E-state index in [1.165, 1.54) is 22.0 Å². The molecule has 2 rings (SSSR count). The Morgan fingerprint density at radius 1 is 1.53 bits per heavy atom. The lowest BCUT2D eigenvalue weighted by Crippen LogP contribution is -2.43. The van der Waals surface area contributed by atoms with Gasteiger partial charge in [0.15, 0.2) is 0 Å². The molecule has 2 N–H and O–H groups in total. The second-order valence-electron chi connectivity index (χ2n) is 6.11. The molecular formula is C15H26N2OS. The molecule has 0 amide bonds. The van der Waals surface area contributed by atoms with E-state index in [4.69, 9.17) is 4.98 Å². The average Bonchev–Trinajstić information content (AvgIpc) is 2.79. The maximum Gasteiger partial charge on any atom is 0.0928 e. The van der Waals surface area contributed by atoms with E-state index in [1.807, 2.05) is 18.3 Å². The fourth-order valence-corrected chi connectivity index (χ4v) is 3.51. The maximum absolute atomic E-state index is 10.3. The van der Waals surface area contributed by atoms with Crippen LogP contribution in [-0.2, 0) is 12.8 Å². The average molecular weight is 282 g/mol. The zero-order chi connectivity index (χ0) is 14.0. The molecule has 108 valence electrons. The van der Waals surface area contributed by atoms with Gasteiger partial charge in [-0.3, -0.25) is 0 Å². The van der Waals surface area contributed by atoms with E-state index in [2.05, 4.69) is 26.1 Å². The van der Waals surface area contributed by atoms with Gasteiger partial charge in [0.25, 0.3) is 0 Å². The first kappa shape index (κ1) is 14.9. The molecule has 0 fully saturated rings. The van der Waals surface area contributed by atoms with Crippen LogP contribution in [0.4, 0.5) is 0 Å². The molecule has 0 spiro atoms. The number of aromatic nitrogens is 1. The summed E-state index contributed by atoms with van der Waals surface area (Å²) in [5.74, 6) is 0.260. The van der Waals surface area contributed by atoms with Crippen molar-refractivity contribution in [3.63, 3.8) is 0 Å². The first-order chi connectivity index (χ1) is 8.94. The Balaban J connectivity index is 2.05. The normalized spacial score (nSPS) is 22.3. The molecule has 0 saturated heterocycles. The van der Waals surface area contributed by atoms with Crippen molar-refractivity contribution in [3.8, 4) is 0 Å². The van der Waals surface area contributed by atoms with E-state index in [-0.39, 0.29) is 5.92 Å². The quantitative estimate of drug-likeness (QED) is 0.872. The Kier molecular flexibility index (Phi) is 4.64. The van der Waals surface area contributed by atoms with Crippen LogP contribution in [0.1, 0.15) is 62.2 Å². The molecule has 0 aromatic carbocycles. The molecule has 0 bridgehead atoms. The van der Waals surface area contributed by atoms with Crippen LogP contribution in [0.25, 0.3) is 0 Å². The largest absolute Gasteiger partial charge is 0.389 e. The van der Waals surface area contributed by atoms with Crippen LogP contribution in [0.3, 0.4) is 0 Å². The Hall–Kier alpha value is -0.450. The van der Waals surface area contributed by atoms with Crippen molar-refractivity contribution in [2.45, 2.75) is 65.0 Å². The second-order valence-corrected chi connectivity index (χ2v) is 7.22. The first-order valence-corrected chi connectivity index (χ1v) is 8.20. The molecule has 19 heavy (non-hydrogen) atoms. The van der Waals surface area contributed by atoms with Gasteiger partial charge >= 0.3 is 0 Å². The highest BCUT2D eigenvalue weighted by Crippen LogP contribution is 2.34. The van der Waals surface area contributed by atoms with E-state index in [1.54, 1.807) is 0 Å². The fourth-order valence-electron chi connectivity index (χ4n) is 2.35. The lowest BCUT2D eigenvalue weighted by molar-refractivity contribution is 0.0113. The lowest BCUT2D eigenvalue weighted by Gasteiger charge is -2.31. The number of fused-ring (bicyclic) bond motifs is 1. The summed E-state index contributed by atoms with van der Waals surface area (Å²) >= 11 is 1.85. The highest BCUT2D eigenvalue weighted by atomic mass is 32.1. The molecule has 2 atom stereocenters. The van der Waals surface area contributed by atoms with Crippen LogP contribution >= 0.6 is 11.3 Å². The fraction of sp³-hybridized carbons (Fsp3) is 0.800. The van der Waals surface area contributed by atoms with Gasteiger partial charge in [-0.15, -0.1) is 11.3 Å². The topological polar surface area (TPSA) is 45.2 Å². The number of hydrogen-bond acceptors (Lipinski definition) is 4. The van der Waals surface area contributed by atoms with Crippen molar-refractivity contribution < 1.29 is 5.11 Å². The summed E-state index contributed by atoms with van der Waals surface area (Å²) in [6, 6.07) is 0.381. The number of nitrogens with zero attached hydrogens (tertiary/aromatic N) is 1. The summed E-state index contributed by atoms with van der Waals surface area (Å²) in [7, 11) is 0. The van der Waals surface area contributed by atoms with Gasteiger partial charge in [-0.25, -0.2) is 4.98 Å². The van der Waals surface area contributed by atoms with Crippen LogP contribution < -0.4 is 5.32 Å². The molecule has 2 unspecified atom stereocenters. The number of thiazole rings is 1. The van der Waals surface area contributed by atoms with Gasteiger partial charge in [0.05, 0.1) is 16.3 Å². The predicted molar refractivity (Wildman–Crippen MR) is 80.6 cm³/mol. The lowest BCUT2D eigenvalue weighted by atomic mass is 9.91. The smallest absolute Gasteiger partial charge is 0.0928 e. The minimum absolute atomic E-state index is 0.260. The van der Waals surface area contributed by atoms with Crippen LogP contribution in [0, 0.1) is 5.92 Å². The Bertz CT molecular complexity index is 426. The van der Waals surface area contributed by atoms with E-state index in [0.717, 1.165) is 19.3 Å². The third-order valence-corrected chi connectivity index (χ3v) is 5.60. The molecule has 3 nitrogen and oxygen atoms in total. The van der Waals surface area contributed by atoms with Crippen molar-refractivity contribution in [2.24, 2.45) is 5.92 Å². The zero-order valence-electron chi connectivity index (χ0n) is 12.5. The van der Waals surface area contributed by atoms with Gasteiger partial charge < -0.3 is 10.4 Å². The Morgan fingerprint density at radius 3 is 2.89 bits per heavy atom. The van der Waals surface area contributed by atoms with E-state index >= 15 is 0 Å². The number of nitrogens with one attached hydrogen (secondary N) is 1. The van der Waals surface area contributed by atoms with E-state index in [0.29, 0.717) is 12.6 Å². The molecule has 1 aliphatic carbocycles. The van der Waals surface area contributed by atoms with Gasteiger partial charge in [-0.2, -0.15) is 0 Å². The minimum Gasteiger partial charge on any atom is -0.389 e. The summed E-state index contributed by atoms with van der Waals surface area (Å²) < 4.78 is 0. The number of aliphatic hydroxyl groups is 1. The molecule has 0 saturated carbocycles. The summed E-state index contributed by atoms with van der Waals surface area (Å²) in [5.41, 5.74) is 0.644. The minimum atomic E-state index is -0.643. The van der Waals surface area contributed by atoms with Gasteiger partial charge in [0.1, 0.15) is 0 Å². The van der Waals surface area contributed by atoms with Crippen LogP contribution in [0.5, 0.6) is 0 Å². The van der Waals surface area contributed by atoms with Crippen molar-refractivity contribution >= 4 is 11.3 Å². The van der Waals surface area contributed by atoms with E-state index < -0.39 is 5.60 Å². The van der Waals surface area contributed by atoms with Crippen LogP contribution in [0.2, 0.25) is 0 Å². The molecule has 1 aromatic heterocycles. The number of aryl methyl sites for hydroxylation is 2. The standard InChI is InChI=1S/C15H26N2OS/c1-5-13-17-12-8-6-7-11(14(12)19-13)16-9-15(4,18)10(2)3/h10-11,16,18H,5-9H2,1-4H3. The third kappa shape index (κ3) is 3.36. The van der Waals surface area contributed by atoms with Gasteiger partial charge in [-0.05, 0) is 38.5 Å². The Labute approximate surface area is 120 Å². The number of hydrogen-bond donors (Lipinski definition) is 2. The summed E-state index contributed by atoms with van der Waals surface area (Å²) in [6.07, 6.45) is 4.49. The molecule has 1 aliphatic rings. The molecule has 1 aromatic rings. The Morgan fingerprint density at radius 2 is 2.26 bits per heavy atom. The highest BCUT2D eigenvalue weighted by molar-refractivity contribution is 7.11. The van der Waals surface area contributed by atoms with Crippen molar-refractivity contribution in [1.82, 2.24) is 10.3 Å². The van der Waals surface area contributed by atoms with Crippen molar-refractivity contribution in [1.29, 1.82) is 0 Å². The van der Waals surface area contributed by atoms with E-state index in [9.17, 15) is 5.11 Å². The monoisotopic (exact) mass is 282 g/mol. The van der Waals surface area contributed by atoms with Gasteiger partial charge in [0.2, 0.25) is 0 Å². The predicted octanol–water partition coefficient (Wildman–Crippen LogP) is 3.08. The van der Waals surface area contributed by atoms with Gasteiger partial charge in [0, 0.05) is 17.5 Å². The van der Waals surface area contributed by atoms with Gasteiger partial charge in [-0.1, -0.05) is 20.8 Å². The highest BCUT2D eigenvalue weighted by Gasteiger charge is 2.29. The zero-order valence-corrected chi connectivity index (χ0v) is 13.3. The van der Waals surface area contributed by atoms with Crippen LogP contribution in [0.15, 0.2) is 0 Å². The molecular weight excluding hydrogens is 256 g/mol. The summed E-state index contributed by atoms with van der Waals surface area (Å²) in [5, 5.41) is 15.1. The molecule has 1 heterocycles. The first-order valence-electron chi connectivity index (χ1n) is 7.38. The van der Waals surface area contributed by atoms with Crippen molar-refractivity contribution in [3.05, 3.63) is 15.6 Å². The summed E-state index contributed by atoms with van der Waals surface area (Å²) in [6.45, 7) is 8.86. The third-order valence-electron chi connectivity index (χ3n) is 4.25. The van der Waals surface area contributed by atoms with Crippen molar-refractivity contribution in [2.75, 3.05) is 6.54 Å². The molecule has 0 radical (unpaired) electrons. The molecule has 0 aliphatic heterocycles.